The molecule has 0 spiro atoms. The number of carbonyl (C=O) groups is 1. The molecule has 138 valence electrons. The van der Waals surface area contributed by atoms with Gasteiger partial charge in [-0.2, -0.15) is 0 Å². The molecule has 25 heavy (non-hydrogen) atoms. The number of sulfone groups is 1. The van der Waals surface area contributed by atoms with Gasteiger partial charge in [0.1, 0.15) is 0 Å². The van der Waals surface area contributed by atoms with Crippen LogP contribution in [0.4, 0.5) is 5.82 Å². The van der Waals surface area contributed by atoms with Crippen molar-refractivity contribution < 1.29 is 13.2 Å². The molecule has 1 aromatic heterocycles. The van der Waals surface area contributed by atoms with Gasteiger partial charge in [0.15, 0.2) is 21.3 Å². The van der Waals surface area contributed by atoms with Crippen LogP contribution < -0.4 is 4.90 Å². The Kier molecular flexibility index (Phi) is 5.56. The molecular weight excluding hydrogens is 340 g/mol. The van der Waals surface area contributed by atoms with Gasteiger partial charge < -0.3 is 9.80 Å². The van der Waals surface area contributed by atoms with Crippen LogP contribution in [-0.2, 0) is 9.84 Å². The molecule has 0 radical (unpaired) electrons. The third-order valence-corrected chi connectivity index (χ3v) is 6.80. The zero-order valence-electron chi connectivity index (χ0n) is 14.7. The Bertz CT molecular complexity index is 697. The average molecular weight is 366 g/mol. The van der Waals surface area contributed by atoms with Crippen LogP contribution in [0.5, 0.6) is 0 Å². The fraction of sp³-hybridized carbons (Fsp3) is 0.706. The Labute approximate surface area is 149 Å². The first-order valence-electron chi connectivity index (χ1n) is 9.10. The number of hydrogen-bond donors (Lipinski definition) is 0. The molecule has 8 heteroatoms. The summed E-state index contributed by atoms with van der Waals surface area (Å²) in [5.74, 6) is 0.775. The Hall–Kier alpha value is -1.70. The molecule has 1 amide bonds. The monoisotopic (exact) mass is 366 g/mol. The normalized spacial score (nSPS) is 23.2. The van der Waals surface area contributed by atoms with Gasteiger partial charge in [-0.25, -0.2) is 8.42 Å². The summed E-state index contributed by atoms with van der Waals surface area (Å²) in [6.45, 7) is 4.28. The SMILES string of the molecule is CCN(C(=O)c1ccc(N2CCCCCC2)nn1)C1CCS(=O)(=O)C1. The maximum Gasteiger partial charge on any atom is 0.274 e. The van der Waals surface area contributed by atoms with Gasteiger partial charge in [-0.1, -0.05) is 12.8 Å². The fourth-order valence-electron chi connectivity index (χ4n) is 3.64. The highest BCUT2D eigenvalue weighted by Crippen LogP contribution is 2.20. The molecule has 3 heterocycles. The second-order valence-electron chi connectivity index (χ2n) is 6.83. The van der Waals surface area contributed by atoms with Crippen LogP contribution in [0, 0.1) is 0 Å². The van der Waals surface area contributed by atoms with Gasteiger partial charge in [0.05, 0.1) is 11.5 Å². The van der Waals surface area contributed by atoms with Crippen LogP contribution >= 0.6 is 0 Å². The molecule has 2 aliphatic rings. The van der Waals surface area contributed by atoms with Crippen LogP contribution in [0.15, 0.2) is 12.1 Å². The lowest BCUT2D eigenvalue weighted by Gasteiger charge is -2.26. The second kappa shape index (κ2) is 7.68. The van der Waals surface area contributed by atoms with Crippen LogP contribution in [-0.4, -0.2) is 66.6 Å². The van der Waals surface area contributed by atoms with E-state index in [0.29, 0.717) is 13.0 Å². The molecule has 0 bridgehead atoms. The summed E-state index contributed by atoms with van der Waals surface area (Å²) in [5.41, 5.74) is 0.282. The lowest BCUT2D eigenvalue weighted by molar-refractivity contribution is 0.0701. The summed E-state index contributed by atoms with van der Waals surface area (Å²) in [6, 6.07) is 3.31. The van der Waals surface area contributed by atoms with Crippen molar-refractivity contribution in [3.05, 3.63) is 17.8 Å². The Morgan fingerprint density at radius 3 is 2.44 bits per heavy atom. The molecular formula is C17H26N4O3S. The molecule has 7 nitrogen and oxygen atoms in total. The number of nitrogens with zero attached hydrogens (tertiary/aromatic N) is 4. The summed E-state index contributed by atoms with van der Waals surface area (Å²) in [7, 11) is -3.03. The number of rotatable bonds is 4. The van der Waals surface area contributed by atoms with E-state index in [-0.39, 0.29) is 29.1 Å². The molecule has 2 aliphatic heterocycles. The van der Waals surface area contributed by atoms with Crippen LogP contribution in [0.1, 0.15) is 49.5 Å². The van der Waals surface area contributed by atoms with E-state index < -0.39 is 9.84 Å². The first kappa shape index (κ1) is 18.1. The number of aromatic nitrogens is 2. The maximum atomic E-state index is 12.7. The molecule has 0 aromatic carbocycles. The average Bonchev–Trinajstić information content (AvgIpc) is 2.81. The quantitative estimate of drug-likeness (QED) is 0.803. The maximum absolute atomic E-state index is 12.7. The van der Waals surface area contributed by atoms with E-state index in [1.807, 2.05) is 13.0 Å². The summed E-state index contributed by atoms with van der Waals surface area (Å²) in [5, 5.41) is 8.38. The van der Waals surface area contributed by atoms with Crippen molar-refractivity contribution in [1.82, 2.24) is 15.1 Å². The molecule has 0 N–H and O–H groups in total. The van der Waals surface area contributed by atoms with Crippen LogP contribution in [0.3, 0.4) is 0 Å². The predicted octanol–water partition coefficient (Wildman–Crippen LogP) is 1.51. The lowest BCUT2D eigenvalue weighted by Crippen LogP contribution is -2.41. The standard InChI is InChI=1S/C17H26N4O3S/c1-2-21(14-9-12-25(23,24)13-14)17(22)15-7-8-16(19-18-15)20-10-5-3-4-6-11-20/h7-8,14H,2-6,9-13H2,1H3. The van der Waals surface area contributed by atoms with E-state index in [1.54, 1.807) is 11.0 Å². The van der Waals surface area contributed by atoms with Gasteiger partial charge in [0.2, 0.25) is 0 Å². The van der Waals surface area contributed by atoms with Gasteiger partial charge in [0, 0.05) is 25.7 Å². The zero-order valence-corrected chi connectivity index (χ0v) is 15.5. The van der Waals surface area contributed by atoms with Gasteiger partial charge in [-0.15, -0.1) is 10.2 Å². The minimum atomic E-state index is -3.03. The molecule has 1 atom stereocenters. The number of hydrogen-bond acceptors (Lipinski definition) is 6. The van der Waals surface area contributed by atoms with Crippen molar-refractivity contribution in [3.8, 4) is 0 Å². The van der Waals surface area contributed by atoms with Crippen molar-refractivity contribution >= 4 is 21.6 Å². The summed E-state index contributed by atoms with van der Waals surface area (Å²) >= 11 is 0. The molecule has 2 saturated heterocycles. The van der Waals surface area contributed by atoms with Crippen molar-refractivity contribution in [1.29, 1.82) is 0 Å². The smallest absolute Gasteiger partial charge is 0.274 e. The summed E-state index contributed by atoms with van der Waals surface area (Å²) in [4.78, 5) is 16.6. The highest BCUT2D eigenvalue weighted by molar-refractivity contribution is 7.91. The number of carbonyl (C=O) groups excluding carboxylic acids is 1. The predicted molar refractivity (Wildman–Crippen MR) is 96.5 cm³/mol. The molecule has 1 unspecified atom stereocenters. The second-order valence-corrected chi connectivity index (χ2v) is 9.05. The first-order chi connectivity index (χ1) is 12.0. The minimum Gasteiger partial charge on any atom is -0.355 e. The zero-order chi connectivity index (χ0) is 17.9. The van der Waals surface area contributed by atoms with Crippen molar-refractivity contribution in [2.24, 2.45) is 0 Å². The molecule has 0 aliphatic carbocycles. The summed E-state index contributed by atoms with van der Waals surface area (Å²) in [6.07, 6.45) is 5.30. The highest BCUT2D eigenvalue weighted by atomic mass is 32.2. The van der Waals surface area contributed by atoms with Crippen LogP contribution in [0.25, 0.3) is 0 Å². The van der Waals surface area contributed by atoms with E-state index >= 15 is 0 Å². The molecule has 3 rings (SSSR count). The van der Waals surface area contributed by atoms with Crippen LogP contribution in [0.2, 0.25) is 0 Å². The molecule has 2 fully saturated rings. The Morgan fingerprint density at radius 2 is 1.92 bits per heavy atom. The van der Waals surface area contributed by atoms with Gasteiger partial charge in [0.25, 0.3) is 5.91 Å². The van der Waals surface area contributed by atoms with Crippen molar-refractivity contribution in [2.75, 3.05) is 36.0 Å². The van der Waals surface area contributed by atoms with E-state index in [9.17, 15) is 13.2 Å². The highest BCUT2D eigenvalue weighted by Gasteiger charge is 2.34. The largest absolute Gasteiger partial charge is 0.355 e. The summed E-state index contributed by atoms with van der Waals surface area (Å²) < 4.78 is 23.4. The fourth-order valence-corrected chi connectivity index (χ4v) is 5.37. The molecule has 1 aromatic rings. The van der Waals surface area contributed by atoms with E-state index in [1.165, 1.54) is 12.8 Å². The third kappa shape index (κ3) is 4.29. The molecule has 0 saturated carbocycles. The van der Waals surface area contributed by atoms with Gasteiger partial charge >= 0.3 is 0 Å². The van der Waals surface area contributed by atoms with E-state index in [2.05, 4.69) is 15.1 Å². The van der Waals surface area contributed by atoms with Gasteiger partial charge in [-0.3, -0.25) is 4.79 Å². The van der Waals surface area contributed by atoms with E-state index in [0.717, 1.165) is 31.7 Å². The third-order valence-electron chi connectivity index (χ3n) is 5.05. The minimum absolute atomic E-state index is 0.0475. The Morgan fingerprint density at radius 1 is 1.20 bits per heavy atom. The number of amides is 1. The van der Waals surface area contributed by atoms with Crippen molar-refractivity contribution in [3.63, 3.8) is 0 Å². The number of anilines is 1. The van der Waals surface area contributed by atoms with Crippen molar-refractivity contribution in [2.45, 2.75) is 45.1 Å². The Balaban J connectivity index is 1.71. The topological polar surface area (TPSA) is 83.5 Å². The van der Waals surface area contributed by atoms with E-state index in [4.69, 9.17) is 0 Å². The van der Waals surface area contributed by atoms with Gasteiger partial charge in [-0.05, 0) is 38.3 Å². The lowest BCUT2D eigenvalue weighted by atomic mass is 10.2. The first-order valence-corrected chi connectivity index (χ1v) is 10.9.